The van der Waals surface area contributed by atoms with Gasteiger partial charge in [-0.15, -0.1) is 11.3 Å². The van der Waals surface area contributed by atoms with E-state index in [9.17, 15) is 13.2 Å². The molecule has 0 N–H and O–H groups in total. The molecule has 0 bridgehead atoms. The molecule has 3 rings (SSSR count). The second-order valence-electron chi connectivity index (χ2n) is 7.00. The van der Waals surface area contributed by atoms with Crippen molar-refractivity contribution in [3.8, 4) is 22.1 Å². The van der Waals surface area contributed by atoms with Crippen LogP contribution in [0.1, 0.15) is 19.5 Å². The van der Waals surface area contributed by atoms with E-state index in [-0.39, 0.29) is 11.9 Å². The Morgan fingerprint density at radius 2 is 2.17 bits per heavy atom. The van der Waals surface area contributed by atoms with Crippen molar-refractivity contribution in [2.75, 3.05) is 39.2 Å². The average molecular weight is 455 g/mol. The highest BCUT2D eigenvalue weighted by molar-refractivity contribution is 7.91. The summed E-state index contributed by atoms with van der Waals surface area (Å²) in [5.74, 6) is 0.0344. The van der Waals surface area contributed by atoms with E-state index >= 15 is 0 Å². The molecule has 1 aromatic carbocycles. The first-order valence-electron chi connectivity index (χ1n) is 9.66. The summed E-state index contributed by atoms with van der Waals surface area (Å²) in [4.78, 5) is 18.4. The third-order valence-corrected chi connectivity index (χ3v) is 6.93. The number of benzene rings is 1. The Labute approximate surface area is 180 Å². The lowest BCUT2D eigenvalue weighted by atomic mass is 10.2. The number of sulfone groups is 1. The van der Waals surface area contributed by atoms with E-state index in [1.54, 1.807) is 23.5 Å². The van der Waals surface area contributed by atoms with Crippen molar-refractivity contribution in [3.05, 3.63) is 29.3 Å². The number of ether oxygens (including phenoxy) is 3. The maximum atomic E-state index is 12.5. The van der Waals surface area contributed by atoms with Crippen LogP contribution < -0.4 is 9.47 Å². The lowest BCUT2D eigenvalue weighted by molar-refractivity contribution is -0.135. The van der Waals surface area contributed by atoms with E-state index in [2.05, 4.69) is 4.98 Å². The summed E-state index contributed by atoms with van der Waals surface area (Å²) in [5.41, 5.74) is 1.23. The minimum absolute atomic E-state index is 0.0855. The highest BCUT2D eigenvalue weighted by atomic mass is 32.2. The molecule has 2 aromatic rings. The average Bonchev–Trinajstić information content (AvgIpc) is 3.15. The molecule has 1 aliphatic rings. The molecule has 1 amide bonds. The number of carbonyl (C=O) groups is 1. The van der Waals surface area contributed by atoms with Crippen LogP contribution in [-0.2, 0) is 25.1 Å². The zero-order chi connectivity index (χ0) is 21.7. The molecule has 164 valence electrons. The number of rotatable bonds is 8. The van der Waals surface area contributed by atoms with Crippen molar-refractivity contribution < 1.29 is 27.4 Å². The number of thiazole rings is 1. The Kier molecular flexibility index (Phi) is 7.32. The lowest BCUT2D eigenvalue weighted by Gasteiger charge is -2.31. The first-order chi connectivity index (χ1) is 14.3. The van der Waals surface area contributed by atoms with Gasteiger partial charge in [0.25, 0.3) is 0 Å². The Bertz CT molecular complexity index is 989. The zero-order valence-electron chi connectivity index (χ0n) is 17.3. The van der Waals surface area contributed by atoms with Crippen LogP contribution in [0.3, 0.4) is 0 Å². The van der Waals surface area contributed by atoms with E-state index < -0.39 is 21.5 Å². The number of hydrogen-bond acceptors (Lipinski definition) is 8. The molecule has 8 nitrogen and oxygen atoms in total. The van der Waals surface area contributed by atoms with E-state index in [4.69, 9.17) is 14.2 Å². The molecule has 0 spiro atoms. The molecule has 1 fully saturated rings. The molecule has 0 saturated carbocycles. The van der Waals surface area contributed by atoms with Crippen LogP contribution in [0.25, 0.3) is 10.6 Å². The fourth-order valence-electron chi connectivity index (χ4n) is 3.18. The summed E-state index contributed by atoms with van der Waals surface area (Å²) < 4.78 is 41.4. The van der Waals surface area contributed by atoms with E-state index in [1.807, 2.05) is 26.0 Å². The van der Waals surface area contributed by atoms with Gasteiger partial charge in [-0.2, -0.15) is 0 Å². The van der Waals surface area contributed by atoms with Crippen LogP contribution in [0.15, 0.2) is 23.6 Å². The summed E-state index contributed by atoms with van der Waals surface area (Å²) in [6, 6.07) is 5.47. The normalized spacial score (nSPS) is 17.0. The number of aromatic nitrogens is 1. The second-order valence-corrected chi connectivity index (χ2v) is 9.92. The second kappa shape index (κ2) is 9.76. The molecule has 2 heterocycles. The van der Waals surface area contributed by atoms with E-state index in [0.717, 1.165) is 5.56 Å². The molecule has 1 aromatic heterocycles. The number of morpholine rings is 1. The SMILES string of the molecule is CCOc1ccc(-c2nc(CS(=O)(=O)CC(=O)N3CCOC(C)C3)cs2)cc1OC. The number of methoxy groups -OCH3 is 1. The minimum atomic E-state index is -3.63. The van der Waals surface area contributed by atoms with Gasteiger partial charge in [0.1, 0.15) is 10.8 Å². The summed E-state index contributed by atoms with van der Waals surface area (Å²) >= 11 is 1.35. The van der Waals surface area contributed by atoms with E-state index in [0.29, 0.717) is 48.5 Å². The Balaban J connectivity index is 1.68. The van der Waals surface area contributed by atoms with Crippen molar-refractivity contribution in [2.24, 2.45) is 0 Å². The molecule has 30 heavy (non-hydrogen) atoms. The summed E-state index contributed by atoms with van der Waals surface area (Å²) in [7, 11) is -2.07. The highest BCUT2D eigenvalue weighted by Gasteiger charge is 2.26. The largest absolute Gasteiger partial charge is 0.493 e. The monoisotopic (exact) mass is 454 g/mol. The standard InChI is InChI=1S/C20H26N2O6S2/c1-4-27-17-6-5-15(9-18(17)26-3)20-21-16(11-29-20)12-30(24,25)13-19(23)22-7-8-28-14(2)10-22/h5-6,9,11,14H,4,7-8,10,12-13H2,1-3H3. The molecule has 1 unspecified atom stereocenters. The molecule has 0 aliphatic carbocycles. The van der Waals surface area contributed by atoms with Gasteiger partial charge in [0.15, 0.2) is 21.3 Å². The van der Waals surface area contributed by atoms with Gasteiger partial charge in [0.05, 0.1) is 37.9 Å². The van der Waals surface area contributed by atoms with Crippen LogP contribution in [0.4, 0.5) is 0 Å². The van der Waals surface area contributed by atoms with E-state index in [1.165, 1.54) is 11.3 Å². The molecule has 1 aliphatic heterocycles. The van der Waals surface area contributed by atoms with Gasteiger partial charge >= 0.3 is 0 Å². The fraction of sp³-hybridized carbons (Fsp3) is 0.500. The Hall–Kier alpha value is -2.17. The predicted molar refractivity (Wildman–Crippen MR) is 115 cm³/mol. The molecule has 1 saturated heterocycles. The van der Waals surface area contributed by atoms with Crippen LogP contribution in [0, 0.1) is 0 Å². The quantitative estimate of drug-likeness (QED) is 0.604. The highest BCUT2D eigenvalue weighted by Crippen LogP contribution is 2.34. The molecule has 10 heteroatoms. The molecule has 1 atom stereocenters. The van der Waals surface area contributed by atoms with Crippen molar-refractivity contribution in [2.45, 2.75) is 25.7 Å². The van der Waals surface area contributed by atoms with Gasteiger partial charge in [0.2, 0.25) is 5.91 Å². The lowest BCUT2D eigenvalue weighted by Crippen LogP contribution is -2.46. The maximum absolute atomic E-state index is 12.5. The van der Waals surface area contributed by atoms with Gasteiger partial charge in [-0.1, -0.05) is 0 Å². The zero-order valence-corrected chi connectivity index (χ0v) is 18.9. The number of nitrogens with zero attached hydrogens (tertiary/aromatic N) is 2. The van der Waals surface area contributed by atoms with Crippen LogP contribution in [-0.4, -0.2) is 69.5 Å². The van der Waals surface area contributed by atoms with Gasteiger partial charge < -0.3 is 19.1 Å². The van der Waals surface area contributed by atoms with Gasteiger partial charge in [-0.25, -0.2) is 13.4 Å². The topological polar surface area (TPSA) is 95.0 Å². The Morgan fingerprint density at radius 1 is 1.37 bits per heavy atom. The molecular formula is C20H26N2O6S2. The van der Waals surface area contributed by atoms with Crippen molar-refractivity contribution in [1.29, 1.82) is 0 Å². The van der Waals surface area contributed by atoms with Crippen LogP contribution in [0.5, 0.6) is 11.5 Å². The number of amides is 1. The first kappa shape index (κ1) is 22.5. The van der Waals surface area contributed by atoms with Crippen molar-refractivity contribution in [1.82, 2.24) is 9.88 Å². The van der Waals surface area contributed by atoms with Crippen molar-refractivity contribution in [3.63, 3.8) is 0 Å². The Morgan fingerprint density at radius 3 is 2.87 bits per heavy atom. The number of carbonyl (C=O) groups excluding carboxylic acids is 1. The third kappa shape index (κ3) is 5.71. The summed E-state index contributed by atoms with van der Waals surface area (Å²) in [6.07, 6.45) is -0.0855. The summed E-state index contributed by atoms with van der Waals surface area (Å²) in [5, 5.41) is 2.38. The van der Waals surface area contributed by atoms with Crippen LogP contribution >= 0.6 is 11.3 Å². The smallest absolute Gasteiger partial charge is 0.237 e. The molecule has 0 radical (unpaired) electrons. The van der Waals surface area contributed by atoms with Crippen molar-refractivity contribution >= 4 is 27.1 Å². The minimum Gasteiger partial charge on any atom is -0.493 e. The number of hydrogen-bond donors (Lipinski definition) is 0. The van der Waals surface area contributed by atoms with Gasteiger partial charge in [0, 0.05) is 24.0 Å². The van der Waals surface area contributed by atoms with Gasteiger partial charge in [-0.3, -0.25) is 4.79 Å². The fourth-order valence-corrected chi connectivity index (χ4v) is 5.36. The molecular weight excluding hydrogens is 428 g/mol. The summed E-state index contributed by atoms with van der Waals surface area (Å²) in [6.45, 7) is 5.53. The predicted octanol–water partition coefficient (Wildman–Crippen LogP) is 2.38. The first-order valence-corrected chi connectivity index (χ1v) is 12.4. The third-order valence-electron chi connectivity index (χ3n) is 4.57. The van der Waals surface area contributed by atoms with Gasteiger partial charge in [-0.05, 0) is 32.0 Å². The van der Waals surface area contributed by atoms with Crippen LogP contribution in [0.2, 0.25) is 0 Å². The maximum Gasteiger partial charge on any atom is 0.237 e.